The SMILES string of the molecule is CC(=O)/C=C(/C)O.Cc1c2c(cc3oc4c(-c5[c-]cccc5)nccc4c13)CCCC2.[Ir]. The molecule has 0 aliphatic heterocycles. The van der Waals surface area contributed by atoms with Crippen molar-refractivity contribution in [3.8, 4) is 11.3 Å². The Balaban J connectivity index is 0.000000318. The zero-order valence-electron chi connectivity index (χ0n) is 18.5. The van der Waals surface area contributed by atoms with Gasteiger partial charge in [0.25, 0.3) is 0 Å². The van der Waals surface area contributed by atoms with Crippen LogP contribution in [0, 0.1) is 13.0 Å². The minimum Gasteiger partial charge on any atom is -0.512 e. The summed E-state index contributed by atoms with van der Waals surface area (Å²) in [4.78, 5) is 14.6. The van der Waals surface area contributed by atoms with Crippen molar-refractivity contribution < 1.29 is 34.4 Å². The Hall–Kier alpha value is -2.75. The summed E-state index contributed by atoms with van der Waals surface area (Å²) in [5, 5.41) is 10.8. The largest absolute Gasteiger partial charge is 0.512 e. The molecule has 2 heterocycles. The van der Waals surface area contributed by atoms with Crippen molar-refractivity contribution in [3.63, 3.8) is 0 Å². The molecule has 0 fully saturated rings. The molecule has 32 heavy (non-hydrogen) atoms. The summed E-state index contributed by atoms with van der Waals surface area (Å²) in [7, 11) is 0. The number of carbonyl (C=O) groups is 1. The van der Waals surface area contributed by atoms with Crippen molar-refractivity contribution >= 4 is 27.7 Å². The molecule has 4 nitrogen and oxygen atoms in total. The molecule has 1 radical (unpaired) electrons. The molecule has 5 heteroatoms. The summed E-state index contributed by atoms with van der Waals surface area (Å²) in [5.41, 5.74) is 8.10. The third-order valence-electron chi connectivity index (χ3n) is 5.65. The minimum atomic E-state index is -0.125. The number of fused-ring (bicyclic) bond motifs is 4. The number of rotatable bonds is 2. The van der Waals surface area contributed by atoms with Crippen LogP contribution in [0.1, 0.15) is 43.4 Å². The zero-order chi connectivity index (χ0) is 22.0. The van der Waals surface area contributed by atoms with Gasteiger partial charge in [-0.15, -0.1) is 35.9 Å². The number of aliphatic hydroxyl groups excluding tert-OH is 1. The molecule has 1 aliphatic rings. The average molecular weight is 605 g/mol. The Morgan fingerprint density at radius 1 is 1.19 bits per heavy atom. The standard InChI is InChI=1S/C22H18NO.C5H8O2.Ir/c1-14-17-10-6-5-9-16(17)13-19-20(14)18-11-12-23-21(22(18)24-19)15-7-3-2-4-8-15;1-4(6)3-5(2)7;/h2-4,7,11-13H,5-6,9-10H2,1H3;3,6H,1-2H3;/q-1;;/b;4-3-;. The van der Waals surface area contributed by atoms with Gasteiger partial charge in [-0.2, -0.15) is 0 Å². The Bertz CT molecular complexity index is 1280. The van der Waals surface area contributed by atoms with Gasteiger partial charge in [-0.05, 0) is 75.3 Å². The number of aromatic nitrogens is 1. The third-order valence-corrected chi connectivity index (χ3v) is 5.65. The zero-order valence-corrected chi connectivity index (χ0v) is 20.9. The monoisotopic (exact) mass is 605 g/mol. The fourth-order valence-electron chi connectivity index (χ4n) is 4.38. The maximum Gasteiger partial charge on any atom is 0.155 e. The molecular weight excluding hydrogens is 579 g/mol. The van der Waals surface area contributed by atoms with E-state index >= 15 is 0 Å². The Morgan fingerprint density at radius 2 is 1.97 bits per heavy atom. The van der Waals surface area contributed by atoms with Crippen molar-refractivity contribution in [2.75, 3.05) is 0 Å². The van der Waals surface area contributed by atoms with Gasteiger partial charge in [-0.1, -0.05) is 0 Å². The van der Waals surface area contributed by atoms with E-state index in [-0.39, 0.29) is 31.6 Å². The molecule has 0 saturated carbocycles. The molecule has 167 valence electrons. The van der Waals surface area contributed by atoms with Gasteiger partial charge < -0.3 is 14.5 Å². The van der Waals surface area contributed by atoms with E-state index in [4.69, 9.17) is 9.52 Å². The van der Waals surface area contributed by atoms with Crippen LogP contribution in [0.4, 0.5) is 0 Å². The second kappa shape index (κ2) is 10.2. The summed E-state index contributed by atoms with van der Waals surface area (Å²) in [6.07, 6.45) is 7.98. The maximum absolute atomic E-state index is 10.0. The number of pyridine rings is 1. The summed E-state index contributed by atoms with van der Waals surface area (Å²) in [5.74, 6) is -0.0625. The molecule has 1 aliphatic carbocycles. The molecule has 2 aromatic carbocycles. The van der Waals surface area contributed by atoms with E-state index < -0.39 is 0 Å². The minimum absolute atomic E-state index is 0. The number of hydrogen-bond donors (Lipinski definition) is 1. The molecule has 1 N–H and O–H groups in total. The fourth-order valence-corrected chi connectivity index (χ4v) is 4.38. The van der Waals surface area contributed by atoms with Crippen LogP contribution >= 0.6 is 0 Å². The topological polar surface area (TPSA) is 63.3 Å². The van der Waals surface area contributed by atoms with Crippen molar-refractivity contribution in [1.82, 2.24) is 4.98 Å². The second-order valence-electron chi connectivity index (χ2n) is 8.03. The van der Waals surface area contributed by atoms with E-state index in [0.29, 0.717) is 0 Å². The van der Waals surface area contributed by atoms with Crippen LogP contribution in [0.2, 0.25) is 0 Å². The van der Waals surface area contributed by atoms with Gasteiger partial charge in [0.2, 0.25) is 0 Å². The first kappa shape index (κ1) is 23.9. The van der Waals surface area contributed by atoms with Gasteiger partial charge >= 0.3 is 0 Å². The van der Waals surface area contributed by atoms with Crippen molar-refractivity contribution in [2.45, 2.75) is 46.5 Å². The quantitative estimate of drug-likeness (QED) is 0.158. The van der Waals surface area contributed by atoms with Gasteiger partial charge in [0.15, 0.2) is 5.78 Å². The molecule has 5 rings (SSSR count). The van der Waals surface area contributed by atoms with E-state index in [2.05, 4.69) is 30.1 Å². The number of ketones is 1. The van der Waals surface area contributed by atoms with Crippen LogP contribution in [-0.2, 0) is 37.7 Å². The van der Waals surface area contributed by atoms with E-state index in [1.807, 2.05) is 30.5 Å². The van der Waals surface area contributed by atoms with Crippen LogP contribution in [0.15, 0.2) is 58.8 Å². The molecule has 0 amide bonds. The molecule has 0 bridgehead atoms. The van der Waals surface area contributed by atoms with Crippen molar-refractivity contribution in [3.05, 3.63) is 77.2 Å². The average Bonchev–Trinajstić information content (AvgIpc) is 3.12. The molecular formula is C27H26IrNO3-. The number of nitrogens with zero attached hydrogens (tertiary/aromatic N) is 1. The molecule has 0 saturated heterocycles. The molecule has 4 aromatic rings. The van der Waals surface area contributed by atoms with Gasteiger partial charge in [0.05, 0.1) is 5.76 Å². The fraction of sp³-hybridized carbons (Fsp3) is 0.259. The van der Waals surface area contributed by atoms with E-state index in [1.165, 1.54) is 67.7 Å². The third kappa shape index (κ3) is 4.85. The number of allylic oxidation sites excluding steroid dienone is 2. The Morgan fingerprint density at radius 3 is 2.62 bits per heavy atom. The van der Waals surface area contributed by atoms with Crippen LogP contribution in [0.25, 0.3) is 33.2 Å². The smallest absolute Gasteiger partial charge is 0.155 e. The van der Waals surface area contributed by atoms with E-state index in [0.717, 1.165) is 27.8 Å². The van der Waals surface area contributed by atoms with Crippen LogP contribution in [0.5, 0.6) is 0 Å². The summed E-state index contributed by atoms with van der Waals surface area (Å²) >= 11 is 0. The number of hydrogen-bond acceptors (Lipinski definition) is 4. The molecule has 0 unspecified atom stereocenters. The number of furan rings is 1. The molecule has 2 aromatic heterocycles. The van der Waals surface area contributed by atoms with E-state index in [9.17, 15) is 4.79 Å². The Kier molecular flexibility index (Phi) is 7.65. The van der Waals surface area contributed by atoms with E-state index in [1.54, 1.807) is 0 Å². The summed E-state index contributed by atoms with van der Waals surface area (Å²) in [6.45, 7) is 5.09. The second-order valence-corrected chi connectivity index (χ2v) is 8.03. The molecule has 0 spiro atoms. The predicted molar refractivity (Wildman–Crippen MR) is 124 cm³/mol. The predicted octanol–water partition coefficient (Wildman–Crippen LogP) is 6.67. The number of aliphatic hydroxyl groups is 1. The number of aryl methyl sites for hydroxylation is 2. The van der Waals surface area contributed by atoms with Gasteiger partial charge in [0.1, 0.15) is 11.2 Å². The van der Waals surface area contributed by atoms with Gasteiger partial charge in [0, 0.05) is 48.8 Å². The number of benzene rings is 2. The van der Waals surface area contributed by atoms with Crippen LogP contribution in [-0.4, -0.2) is 15.9 Å². The first-order valence-corrected chi connectivity index (χ1v) is 10.6. The first-order chi connectivity index (χ1) is 15.0. The first-order valence-electron chi connectivity index (χ1n) is 10.6. The maximum atomic E-state index is 10.0. The van der Waals surface area contributed by atoms with Crippen LogP contribution in [0.3, 0.4) is 0 Å². The molecule has 0 atom stereocenters. The van der Waals surface area contributed by atoms with Crippen molar-refractivity contribution in [1.29, 1.82) is 0 Å². The Labute approximate surface area is 201 Å². The van der Waals surface area contributed by atoms with Gasteiger partial charge in [-0.3, -0.25) is 4.79 Å². The van der Waals surface area contributed by atoms with Gasteiger partial charge in [-0.25, -0.2) is 0 Å². The van der Waals surface area contributed by atoms with Crippen LogP contribution < -0.4 is 0 Å². The summed E-state index contributed by atoms with van der Waals surface area (Å²) in [6, 6.07) is 15.5. The van der Waals surface area contributed by atoms with Crippen molar-refractivity contribution in [2.24, 2.45) is 0 Å². The number of carbonyl (C=O) groups excluding carboxylic acids is 1. The normalized spacial score (nSPS) is 13.2. The summed E-state index contributed by atoms with van der Waals surface area (Å²) < 4.78 is 6.30.